The van der Waals surface area contributed by atoms with Crippen molar-refractivity contribution in [1.82, 2.24) is 0 Å². The first-order chi connectivity index (χ1) is 8.69. The highest BCUT2D eigenvalue weighted by Gasteiger charge is 2.13. The lowest BCUT2D eigenvalue weighted by molar-refractivity contribution is -0.119. The lowest BCUT2D eigenvalue weighted by Crippen LogP contribution is -2.17. The van der Waals surface area contributed by atoms with Crippen LogP contribution in [0, 0.1) is 0 Å². The van der Waals surface area contributed by atoms with Crippen molar-refractivity contribution in [2.45, 2.75) is 19.3 Å². The molecule has 1 aromatic carbocycles. The molecule has 18 heavy (non-hydrogen) atoms. The second-order valence-electron chi connectivity index (χ2n) is 4.25. The molecule has 0 unspecified atom stereocenters. The minimum Gasteiger partial charge on any atom is -0.375 e. The molecule has 96 valence electrons. The van der Waals surface area contributed by atoms with Gasteiger partial charge in [-0.2, -0.15) is 0 Å². The van der Waals surface area contributed by atoms with E-state index >= 15 is 0 Å². The molecule has 1 aromatic rings. The number of rotatable bonds is 3. The van der Waals surface area contributed by atoms with Gasteiger partial charge in [0, 0.05) is 24.9 Å². The number of hydrogen-bond acceptors (Lipinski definition) is 3. The van der Waals surface area contributed by atoms with E-state index in [4.69, 9.17) is 4.74 Å². The van der Waals surface area contributed by atoms with Crippen LogP contribution in [0.1, 0.15) is 18.4 Å². The Balaban J connectivity index is 2.14. The molecule has 2 rings (SSSR count). The van der Waals surface area contributed by atoms with Crippen molar-refractivity contribution in [2.24, 2.45) is 0 Å². The minimum atomic E-state index is -0.185. The second-order valence-corrected chi connectivity index (χ2v) is 4.25. The molecule has 0 fully saturated rings. The Morgan fingerprint density at radius 3 is 3.06 bits per heavy atom. The standard InChI is InChI=1S/C13H16N2O3/c1-18-8-13(17)14-10-5-6-11-9(7-10)3-2-4-12(16)15-11/h5-7H,2-4,8H2,1H3,(H,14,17)(H,15,16). The van der Waals surface area contributed by atoms with Crippen molar-refractivity contribution >= 4 is 23.2 Å². The highest BCUT2D eigenvalue weighted by Crippen LogP contribution is 2.25. The van der Waals surface area contributed by atoms with E-state index in [1.807, 2.05) is 12.1 Å². The summed E-state index contributed by atoms with van der Waals surface area (Å²) in [4.78, 5) is 22.8. The van der Waals surface area contributed by atoms with Crippen LogP contribution in [0.2, 0.25) is 0 Å². The van der Waals surface area contributed by atoms with Gasteiger partial charge in [-0.25, -0.2) is 0 Å². The number of amides is 2. The number of carbonyl (C=O) groups is 2. The fraction of sp³-hybridized carbons (Fsp3) is 0.385. The predicted molar refractivity (Wildman–Crippen MR) is 68.5 cm³/mol. The summed E-state index contributed by atoms with van der Waals surface area (Å²) in [6, 6.07) is 5.49. The van der Waals surface area contributed by atoms with Crippen LogP contribution in [-0.4, -0.2) is 25.5 Å². The molecule has 1 heterocycles. The Morgan fingerprint density at radius 2 is 2.28 bits per heavy atom. The third kappa shape index (κ3) is 3.07. The molecule has 0 aromatic heterocycles. The summed E-state index contributed by atoms with van der Waals surface area (Å²) < 4.78 is 4.75. The highest BCUT2D eigenvalue weighted by atomic mass is 16.5. The molecule has 5 nitrogen and oxygen atoms in total. The molecule has 0 aliphatic carbocycles. The summed E-state index contributed by atoms with van der Waals surface area (Å²) in [7, 11) is 1.48. The molecular formula is C13H16N2O3. The van der Waals surface area contributed by atoms with Gasteiger partial charge in [-0.1, -0.05) is 0 Å². The van der Waals surface area contributed by atoms with Crippen LogP contribution in [0.25, 0.3) is 0 Å². The maximum absolute atomic E-state index is 11.4. The molecule has 1 aliphatic heterocycles. The topological polar surface area (TPSA) is 67.4 Å². The van der Waals surface area contributed by atoms with Crippen LogP contribution in [0.5, 0.6) is 0 Å². The predicted octanol–water partition coefficient (Wildman–Crippen LogP) is 1.55. The van der Waals surface area contributed by atoms with Gasteiger partial charge in [-0.3, -0.25) is 9.59 Å². The number of benzene rings is 1. The number of methoxy groups -OCH3 is 1. The van der Waals surface area contributed by atoms with Crippen LogP contribution in [-0.2, 0) is 20.7 Å². The highest BCUT2D eigenvalue weighted by molar-refractivity contribution is 5.94. The molecule has 0 radical (unpaired) electrons. The van der Waals surface area contributed by atoms with Crippen molar-refractivity contribution in [3.63, 3.8) is 0 Å². The van der Waals surface area contributed by atoms with E-state index < -0.39 is 0 Å². The molecule has 5 heteroatoms. The van der Waals surface area contributed by atoms with E-state index in [9.17, 15) is 9.59 Å². The van der Waals surface area contributed by atoms with Crippen molar-refractivity contribution < 1.29 is 14.3 Å². The second kappa shape index (κ2) is 5.64. The van der Waals surface area contributed by atoms with E-state index in [0.29, 0.717) is 6.42 Å². The van der Waals surface area contributed by atoms with Crippen LogP contribution in [0.3, 0.4) is 0 Å². The SMILES string of the molecule is COCC(=O)Nc1ccc2c(c1)CCCC(=O)N2. The average Bonchev–Trinajstić information content (AvgIpc) is 2.50. The monoisotopic (exact) mass is 248 g/mol. The molecule has 0 saturated heterocycles. The van der Waals surface area contributed by atoms with Crippen LogP contribution < -0.4 is 10.6 Å². The number of aryl methyl sites for hydroxylation is 1. The first kappa shape index (κ1) is 12.6. The summed E-state index contributed by atoms with van der Waals surface area (Å²) in [6.45, 7) is 0.0355. The molecule has 0 spiro atoms. The number of fused-ring (bicyclic) bond motifs is 1. The quantitative estimate of drug-likeness (QED) is 0.852. The van der Waals surface area contributed by atoms with Crippen molar-refractivity contribution in [1.29, 1.82) is 0 Å². The van der Waals surface area contributed by atoms with Gasteiger partial charge in [0.05, 0.1) is 0 Å². The first-order valence-electron chi connectivity index (χ1n) is 5.90. The fourth-order valence-electron chi connectivity index (χ4n) is 1.98. The summed E-state index contributed by atoms with van der Waals surface area (Å²) in [6.07, 6.45) is 2.20. The Kier molecular flexibility index (Phi) is 3.94. The first-order valence-corrected chi connectivity index (χ1v) is 5.90. The maximum atomic E-state index is 11.4. The molecule has 2 amide bonds. The van der Waals surface area contributed by atoms with Crippen molar-refractivity contribution in [2.75, 3.05) is 24.4 Å². The molecule has 2 N–H and O–H groups in total. The zero-order chi connectivity index (χ0) is 13.0. The Morgan fingerprint density at radius 1 is 1.44 bits per heavy atom. The lowest BCUT2D eigenvalue weighted by Gasteiger charge is -2.10. The van der Waals surface area contributed by atoms with Crippen LogP contribution in [0.4, 0.5) is 11.4 Å². The van der Waals surface area contributed by atoms with Gasteiger partial charge >= 0.3 is 0 Å². The van der Waals surface area contributed by atoms with Gasteiger partial charge < -0.3 is 15.4 Å². The summed E-state index contributed by atoms with van der Waals surface area (Å²) in [5.74, 6) is -0.139. The van der Waals surface area contributed by atoms with Crippen molar-refractivity contribution in [3.8, 4) is 0 Å². The zero-order valence-corrected chi connectivity index (χ0v) is 10.3. The van der Waals surface area contributed by atoms with Gasteiger partial charge in [-0.05, 0) is 36.6 Å². The lowest BCUT2D eigenvalue weighted by atomic mass is 10.1. The Bertz CT molecular complexity index is 471. The van der Waals surface area contributed by atoms with E-state index in [2.05, 4.69) is 10.6 Å². The Labute approximate surface area is 106 Å². The summed E-state index contributed by atoms with van der Waals surface area (Å²) in [5, 5.41) is 5.60. The average molecular weight is 248 g/mol. The van der Waals surface area contributed by atoms with Gasteiger partial charge in [0.1, 0.15) is 6.61 Å². The van der Waals surface area contributed by atoms with Gasteiger partial charge in [0.25, 0.3) is 0 Å². The molecule has 0 saturated carbocycles. The maximum Gasteiger partial charge on any atom is 0.250 e. The third-order valence-electron chi connectivity index (χ3n) is 2.79. The molecule has 1 aliphatic rings. The van der Waals surface area contributed by atoms with Gasteiger partial charge in [0.15, 0.2) is 0 Å². The number of anilines is 2. The zero-order valence-electron chi connectivity index (χ0n) is 10.3. The number of ether oxygens (including phenoxy) is 1. The largest absolute Gasteiger partial charge is 0.375 e. The Hall–Kier alpha value is -1.88. The summed E-state index contributed by atoms with van der Waals surface area (Å²) >= 11 is 0. The molecule has 0 bridgehead atoms. The van der Waals surface area contributed by atoms with Crippen LogP contribution >= 0.6 is 0 Å². The van der Waals surface area contributed by atoms with E-state index in [0.717, 1.165) is 29.8 Å². The normalized spacial score (nSPS) is 14.4. The van der Waals surface area contributed by atoms with E-state index in [-0.39, 0.29) is 18.4 Å². The number of hydrogen-bond donors (Lipinski definition) is 2. The van der Waals surface area contributed by atoms with E-state index in [1.54, 1.807) is 6.07 Å². The molecule has 0 atom stereocenters. The van der Waals surface area contributed by atoms with Gasteiger partial charge in [0.2, 0.25) is 11.8 Å². The van der Waals surface area contributed by atoms with Gasteiger partial charge in [-0.15, -0.1) is 0 Å². The third-order valence-corrected chi connectivity index (χ3v) is 2.79. The number of nitrogens with one attached hydrogen (secondary N) is 2. The smallest absolute Gasteiger partial charge is 0.250 e. The van der Waals surface area contributed by atoms with Crippen molar-refractivity contribution in [3.05, 3.63) is 23.8 Å². The summed E-state index contributed by atoms with van der Waals surface area (Å²) in [5.41, 5.74) is 2.62. The minimum absolute atomic E-state index is 0.0355. The van der Waals surface area contributed by atoms with Crippen LogP contribution in [0.15, 0.2) is 18.2 Å². The number of carbonyl (C=O) groups excluding carboxylic acids is 2. The fourth-order valence-corrected chi connectivity index (χ4v) is 1.98. The van der Waals surface area contributed by atoms with E-state index in [1.165, 1.54) is 7.11 Å². The molecular weight excluding hydrogens is 232 g/mol.